The van der Waals surface area contributed by atoms with E-state index in [1.165, 1.54) is 24.3 Å². The van der Waals surface area contributed by atoms with E-state index >= 15 is 0 Å². The van der Waals surface area contributed by atoms with E-state index in [1.807, 2.05) is 0 Å². The van der Waals surface area contributed by atoms with E-state index in [9.17, 15) is 13.2 Å². The second-order valence-electron chi connectivity index (χ2n) is 4.12. The number of hydrogen-bond donors (Lipinski definition) is 0. The molecule has 2 aromatic carbocycles. The quantitative estimate of drug-likeness (QED) is 0.805. The van der Waals surface area contributed by atoms with Crippen LogP contribution in [0.3, 0.4) is 0 Å². The van der Waals surface area contributed by atoms with Gasteiger partial charge in [-0.15, -0.1) is 0 Å². The molecule has 0 amide bonds. The molecule has 2 rings (SSSR count). The molecule has 0 aromatic heterocycles. The maximum Gasteiger partial charge on any atom is 0.187 e. The zero-order valence-corrected chi connectivity index (χ0v) is 12.5. The summed E-state index contributed by atoms with van der Waals surface area (Å²) in [6.45, 7) is 0. The molecule has 20 heavy (non-hydrogen) atoms. The van der Waals surface area contributed by atoms with Gasteiger partial charge in [-0.25, -0.2) is 8.42 Å². The number of sulfone groups is 1. The Bertz CT molecular complexity index is 755. The summed E-state index contributed by atoms with van der Waals surface area (Å²) in [6.07, 6.45) is 0. The lowest BCUT2D eigenvalue weighted by atomic mass is 10.1. The van der Waals surface area contributed by atoms with Crippen LogP contribution in [-0.4, -0.2) is 20.0 Å². The molecule has 0 aliphatic carbocycles. The van der Waals surface area contributed by atoms with Gasteiger partial charge < -0.3 is 0 Å². The van der Waals surface area contributed by atoms with Crippen LogP contribution in [0.1, 0.15) is 10.4 Å². The van der Waals surface area contributed by atoms with Crippen LogP contribution in [0.5, 0.6) is 0 Å². The average molecular weight is 329 g/mol. The first kappa shape index (κ1) is 15.0. The van der Waals surface area contributed by atoms with E-state index in [-0.39, 0.29) is 15.5 Å². The largest absolute Gasteiger partial charge is 0.293 e. The summed E-state index contributed by atoms with van der Waals surface area (Å²) in [6, 6.07) is 12.2. The molecule has 0 aliphatic rings. The van der Waals surface area contributed by atoms with Crippen LogP contribution in [0.15, 0.2) is 53.4 Å². The van der Waals surface area contributed by atoms with E-state index in [0.29, 0.717) is 5.02 Å². The second kappa shape index (κ2) is 5.95. The number of carbonyl (C=O) groups excluding carboxylic acids is 1. The second-order valence-corrected chi connectivity index (χ2v) is 6.92. The third kappa shape index (κ3) is 3.39. The molecular weight excluding hydrogens is 319 g/mol. The van der Waals surface area contributed by atoms with Gasteiger partial charge in [0, 0.05) is 10.6 Å². The highest BCUT2D eigenvalue weighted by Gasteiger charge is 2.22. The van der Waals surface area contributed by atoms with Crippen LogP contribution >= 0.6 is 23.2 Å². The van der Waals surface area contributed by atoms with Gasteiger partial charge in [-0.05, 0) is 24.3 Å². The van der Waals surface area contributed by atoms with Crippen molar-refractivity contribution in [2.75, 3.05) is 5.75 Å². The van der Waals surface area contributed by atoms with Crippen LogP contribution in [-0.2, 0) is 9.84 Å². The van der Waals surface area contributed by atoms with Gasteiger partial charge in [0.15, 0.2) is 15.6 Å². The minimum absolute atomic E-state index is 0.0444. The highest BCUT2D eigenvalue weighted by Crippen LogP contribution is 2.22. The number of Topliss-reactive ketones (excluding diaryl/α,β-unsaturated/α-hetero) is 1. The first-order chi connectivity index (χ1) is 9.40. The zero-order chi connectivity index (χ0) is 14.8. The Hall–Kier alpha value is -1.36. The zero-order valence-electron chi connectivity index (χ0n) is 10.2. The van der Waals surface area contributed by atoms with Gasteiger partial charge >= 0.3 is 0 Å². The molecule has 2 aromatic rings. The van der Waals surface area contributed by atoms with E-state index in [4.69, 9.17) is 23.2 Å². The number of hydrogen-bond acceptors (Lipinski definition) is 3. The van der Waals surface area contributed by atoms with Crippen molar-refractivity contribution in [2.45, 2.75) is 4.90 Å². The van der Waals surface area contributed by atoms with Crippen LogP contribution in [0.2, 0.25) is 10.0 Å². The van der Waals surface area contributed by atoms with Gasteiger partial charge in [-0.2, -0.15) is 0 Å². The summed E-state index contributed by atoms with van der Waals surface area (Å²) in [7, 11) is -3.78. The van der Waals surface area contributed by atoms with Crippen molar-refractivity contribution < 1.29 is 13.2 Å². The van der Waals surface area contributed by atoms with E-state index < -0.39 is 21.4 Å². The fourth-order valence-corrected chi connectivity index (χ4v) is 3.69. The molecule has 0 heterocycles. The lowest BCUT2D eigenvalue weighted by molar-refractivity contribution is 0.102. The van der Waals surface area contributed by atoms with Gasteiger partial charge in [-0.3, -0.25) is 4.79 Å². The molecule has 0 radical (unpaired) electrons. The van der Waals surface area contributed by atoms with Crippen molar-refractivity contribution in [3.63, 3.8) is 0 Å². The molecule has 104 valence electrons. The minimum atomic E-state index is -3.78. The Morgan fingerprint density at radius 3 is 2.35 bits per heavy atom. The van der Waals surface area contributed by atoms with Crippen molar-refractivity contribution in [1.82, 2.24) is 0 Å². The first-order valence-electron chi connectivity index (χ1n) is 5.66. The van der Waals surface area contributed by atoms with Crippen molar-refractivity contribution in [1.29, 1.82) is 0 Å². The molecule has 3 nitrogen and oxygen atoms in total. The lowest BCUT2D eigenvalue weighted by Gasteiger charge is -2.06. The van der Waals surface area contributed by atoms with Crippen LogP contribution in [0.25, 0.3) is 0 Å². The molecule has 0 saturated carbocycles. The predicted octanol–water partition coefficient (Wildman–Crippen LogP) is 3.65. The SMILES string of the molecule is O=C(CS(=O)(=O)c1ccccc1Cl)c1cccc(Cl)c1. The monoisotopic (exact) mass is 328 g/mol. The molecule has 0 saturated heterocycles. The first-order valence-corrected chi connectivity index (χ1v) is 8.07. The average Bonchev–Trinajstić information content (AvgIpc) is 2.38. The van der Waals surface area contributed by atoms with Gasteiger partial charge in [0.05, 0.1) is 9.92 Å². The van der Waals surface area contributed by atoms with E-state index in [1.54, 1.807) is 24.3 Å². The van der Waals surface area contributed by atoms with Crippen LogP contribution < -0.4 is 0 Å². The highest BCUT2D eigenvalue weighted by atomic mass is 35.5. The normalized spacial score (nSPS) is 11.3. The smallest absolute Gasteiger partial charge is 0.187 e. The van der Waals surface area contributed by atoms with Gasteiger partial charge in [-0.1, -0.05) is 47.5 Å². The third-order valence-electron chi connectivity index (χ3n) is 2.64. The molecule has 0 bridgehead atoms. The molecule has 0 aliphatic heterocycles. The Morgan fingerprint density at radius 2 is 1.70 bits per heavy atom. The standard InChI is InChI=1S/C14H10Cl2O3S/c15-11-5-3-4-10(8-11)13(17)9-20(18,19)14-7-2-1-6-12(14)16/h1-8H,9H2. The third-order valence-corrected chi connectivity index (χ3v) is 4.98. The van der Waals surface area contributed by atoms with E-state index in [0.717, 1.165) is 0 Å². The topological polar surface area (TPSA) is 51.2 Å². The van der Waals surface area contributed by atoms with Crippen LogP contribution in [0.4, 0.5) is 0 Å². The number of ketones is 1. The molecule has 0 unspecified atom stereocenters. The van der Waals surface area contributed by atoms with Crippen molar-refractivity contribution >= 4 is 38.8 Å². The number of benzene rings is 2. The van der Waals surface area contributed by atoms with Gasteiger partial charge in [0.25, 0.3) is 0 Å². The molecule has 0 N–H and O–H groups in total. The van der Waals surface area contributed by atoms with Gasteiger partial charge in [0.2, 0.25) is 0 Å². The lowest BCUT2D eigenvalue weighted by Crippen LogP contribution is -2.16. The molecule has 0 spiro atoms. The highest BCUT2D eigenvalue weighted by molar-refractivity contribution is 7.92. The van der Waals surface area contributed by atoms with Crippen molar-refractivity contribution in [2.24, 2.45) is 0 Å². The maximum absolute atomic E-state index is 12.2. The maximum atomic E-state index is 12.2. The summed E-state index contributed by atoms with van der Waals surface area (Å²) < 4.78 is 24.4. The Morgan fingerprint density at radius 1 is 1.00 bits per heavy atom. The number of rotatable bonds is 4. The van der Waals surface area contributed by atoms with E-state index in [2.05, 4.69) is 0 Å². The summed E-state index contributed by atoms with van der Waals surface area (Å²) >= 11 is 11.6. The minimum Gasteiger partial charge on any atom is -0.293 e. The summed E-state index contributed by atoms with van der Waals surface area (Å²) in [4.78, 5) is 12.0. The fourth-order valence-electron chi connectivity index (χ4n) is 1.69. The summed E-state index contributed by atoms with van der Waals surface area (Å²) in [5, 5.41) is 0.484. The number of carbonyl (C=O) groups is 1. The van der Waals surface area contributed by atoms with Crippen molar-refractivity contribution in [3.8, 4) is 0 Å². The summed E-state index contributed by atoms with van der Waals surface area (Å²) in [5.41, 5.74) is 0.258. The molecule has 0 fully saturated rings. The molecule has 6 heteroatoms. The van der Waals surface area contributed by atoms with Crippen LogP contribution in [0, 0.1) is 0 Å². The molecule has 0 atom stereocenters. The van der Waals surface area contributed by atoms with Gasteiger partial charge in [0.1, 0.15) is 5.75 Å². The Kier molecular flexibility index (Phi) is 4.48. The number of halogens is 2. The fraction of sp³-hybridized carbons (Fsp3) is 0.0714. The predicted molar refractivity (Wildman–Crippen MR) is 79.3 cm³/mol. The van der Waals surface area contributed by atoms with Crippen molar-refractivity contribution in [3.05, 3.63) is 64.1 Å². The molecular formula is C14H10Cl2O3S. The summed E-state index contributed by atoms with van der Waals surface area (Å²) in [5.74, 6) is -1.16. The Balaban J connectivity index is 2.30. The Labute approximate surface area is 127 Å².